The van der Waals surface area contributed by atoms with Gasteiger partial charge in [-0.05, 0) is 80.9 Å². The van der Waals surface area contributed by atoms with Crippen LogP contribution in [-0.4, -0.2) is 42.0 Å². The number of nitrogens with one attached hydrogen (secondary N) is 1. The van der Waals surface area contributed by atoms with Gasteiger partial charge < -0.3 is 15.0 Å². The lowest BCUT2D eigenvalue weighted by molar-refractivity contribution is -0.384. The second kappa shape index (κ2) is 11.0. The molecule has 34 heavy (non-hydrogen) atoms. The van der Waals surface area contributed by atoms with Gasteiger partial charge in [0.1, 0.15) is 5.75 Å². The molecule has 1 amide bonds. The Morgan fingerprint density at radius 2 is 1.74 bits per heavy atom. The number of carbonyl (C=O) groups is 1. The van der Waals surface area contributed by atoms with E-state index in [9.17, 15) is 14.9 Å². The number of nitrogens with zero attached hydrogens (tertiary/aromatic N) is 2. The third-order valence-electron chi connectivity index (χ3n) is 7.40. The van der Waals surface area contributed by atoms with Gasteiger partial charge in [-0.25, -0.2) is 0 Å². The van der Waals surface area contributed by atoms with E-state index in [1.54, 1.807) is 12.1 Å². The van der Waals surface area contributed by atoms with E-state index in [0.717, 1.165) is 61.6 Å². The Hall–Kier alpha value is -2.93. The summed E-state index contributed by atoms with van der Waals surface area (Å²) in [7, 11) is 0. The van der Waals surface area contributed by atoms with Crippen molar-refractivity contribution in [3.05, 3.63) is 64.2 Å². The lowest BCUT2D eigenvalue weighted by atomic mass is 9.78. The first-order chi connectivity index (χ1) is 16.5. The fraction of sp³-hybridized carbons (Fsp3) is 0.519. The minimum absolute atomic E-state index is 0.0402. The number of hydrogen-bond acceptors (Lipinski definition) is 5. The zero-order valence-electron chi connectivity index (χ0n) is 20.0. The van der Waals surface area contributed by atoms with E-state index in [1.807, 2.05) is 24.3 Å². The van der Waals surface area contributed by atoms with Gasteiger partial charge in [-0.1, -0.05) is 31.9 Å². The number of hydrogen-bond donors (Lipinski definition) is 1. The SMILES string of the molecule is CC1CCN(CCCOc2ccc(NC(=O)C3(c4ccc([N+](=O)[O-])cc4)CCCC3)cc2)CC1. The predicted molar refractivity (Wildman–Crippen MR) is 133 cm³/mol. The van der Waals surface area contributed by atoms with E-state index in [-0.39, 0.29) is 11.6 Å². The molecule has 2 aromatic carbocycles. The van der Waals surface area contributed by atoms with Crippen LogP contribution in [0.1, 0.15) is 57.4 Å². The highest BCUT2D eigenvalue weighted by atomic mass is 16.6. The molecule has 7 heteroatoms. The summed E-state index contributed by atoms with van der Waals surface area (Å²) < 4.78 is 5.90. The summed E-state index contributed by atoms with van der Waals surface area (Å²) in [6, 6.07) is 14.0. The van der Waals surface area contributed by atoms with Crippen molar-refractivity contribution in [1.29, 1.82) is 0 Å². The Balaban J connectivity index is 1.30. The maximum Gasteiger partial charge on any atom is 0.269 e. The standard InChI is InChI=1S/C27H35N3O4/c1-21-13-18-29(19-14-21)17-4-20-34-25-11-7-23(8-12-25)28-26(31)27(15-2-3-16-27)22-5-9-24(10-6-22)30(32)33/h5-12,21H,2-4,13-20H2,1H3,(H,28,31). The molecule has 1 N–H and O–H groups in total. The first-order valence-electron chi connectivity index (χ1n) is 12.5. The molecule has 182 valence electrons. The molecule has 1 saturated carbocycles. The smallest absolute Gasteiger partial charge is 0.269 e. The van der Waals surface area contributed by atoms with Crippen molar-refractivity contribution in [2.75, 3.05) is 31.6 Å². The molecule has 0 unspecified atom stereocenters. The molecule has 0 aromatic heterocycles. The average molecular weight is 466 g/mol. The quantitative estimate of drug-likeness (QED) is 0.298. The number of nitro groups is 1. The lowest BCUT2D eigenvalue weighted by Gasteiger charge is -2.30. The number of non-ortho nitro benzene ring substituents is 1. The third-order valence-corrected chi connectivity index (χ3v) is 7.40. The summed E-state index contributed by atoms with van der Waals surface area (Å²) in [5.41, 5.74) is 0.971. The van der Waals surface area contributed by atoms with Crippen LogP contribution in [-0.2, 0) is 10.2 Å². The third kappa shape index (κ3) is 5.76. The summed E-state index contributed by atoms with van der Waals surface area (Å²) in [4.78, 5) is 26.4. The van der Waals surface area contributed by atoms with Gasteiger partial charge in [0.25, 0.3) is 5.69 Å². The van der Waals surface area contributed by atoms with Crippen molar-refractivity contribution in [3.63, 3.8) is 0 Å². The van der Waals surface area contributed by atoms with Gasteiger partial charge in [-0.2, -0.15) is 0 Å². The Bertz CT molecular complexity index is 960. The number of ether oxygens (including phenoxy) is 1. The maximum atomic E-state index is 13.3. The van der Waals surface area contributed by atoms with Crippen LogP contribution in [0.15, 0.2) is 48.5 Å². The van der Waals surface area contributed by atoms with Gasteiger partial charge in [-0.15, -0.1) is 0 Å². The Morgan fingerprint density at radius 1 is 1.09 bits per heavy atom. The van der Waals surface area contributed by atoms with Crippen molar-refractivity contribution < 1.29 is 14.5 Å². The second-order valence-corrected chi connectivity index (χ2v) is 9.80. The number of rotatable bonds is 9. The topological polar surface area (TPSA) is 84.7 Å². The summed E-state index contributed by atoms with van der Waals surface area (Å²) in [5, 5.41) is 14.1. The van der Waals surface area contributed by atoms with Crippen LogP contribution in [0.25, 0.3) is 0 Å². The molecule has 0 bridgehead atoms. The van der Waals surface area contributed by atoms with Crippen LogP contribution >= 0.6 is 0 Å². The largest absolute Gasteiger partial charge is 0.494 e. The van der Waals surface area contributed by atoms with Crippen LogP contribution < -0.4 is 10.1 Å². The molecule has 0 radical (unpaired) electrons. The second-order valence-electron chi connectivity index (χ2n) is 9.80. The predicted octanol–water partition coefficient (Wildman–Crippen LogP) is 5.55. The van der Waals surface area contributed by atoms with E-state index in [1.165, 1.54) is 38.1 Å². The number of likely N-dealkylation sites (tertiary alicyclic amines) is 1. The monoisotopic (exact) mass is 465 g/mol. The normalized spacial score (nSPS) is 18.5. The summed E-state index contributed by atoms with van der Waals surface area (Å²) >= 11 is 0. The van der Waals surface area contributed by atoms with Crippen LogP contribution in [0.5, 0.6) is 5.75 Å². The van der Waals surface area contributed by atoms with Crippen molar-refractivity contribution >= 4 is 17.3 Å². The number of piperidine rings is 1. The number of carbonyl (C=O) groups excluding carboxylic acids is 1. The van der Waals surface area contributed by atoms with Crippen LogP contribution in [0, 0.1) is 16.0 Å². The molecule has 1 aliphatic heterocycles. The van der Waals surface area contributed by atoms with E-state index < -0.39 is 10.3 Å². The van der Waals surface area contributed by atoms with Crippen molar-refractivity contribution in [2.45, 2.75) is 57.3 Å². The number of anilines is 1. The Labute approximate surface area is 201 Å². The molecule has 2 aliphatic rings. The van der Waals surface area contributed by atoms with E-state index in [0.29, 0.717) is 6.61 Å². The molecular formula is C27H35N3O4. The van der Waals surface area contributed by atoms with Crippen molar-refractivity contribution in [2.24, 2.45) is 5.92 Å². The van der Waals surface area contributed by atoms with Gasteiger partial charge in [0.05, 0.1) is 16.9 Å². The molecule has 0 spiro atoms. The fourth-order valence-electron chi connectivity index (χ4n) is 5.18. The number of nitro benzene ring substituents is 1. The molecule has 1 aliphatic carbocycles. The van der Waals surface area contributed by atoms with Crippen LogP contribution in [0.3, 0.4) is 0 Å². The summed E-state index contributed by atoms with van der Waals surface area (Å²) in [6.45, 7) is 6.47. The maximum absolute atomic E-state index is 13.3. The molecule has 4 rings (SSSR count). The van der Waals surface area contributed by atoms with E-state index in [4.69, 9.17) is 4.74 Å². The highest BCUT2D eigenvalue weighted by molar-refractivity contribution is 5.99. The molecular weight excluding hydrogens is 430 g/mol. The zero-order chi connectivity index (χ0) is 24.0. The van der Waals surface area contributed by atoms with Gasteiger partial charge in [0.2, 0.25) is 5.91 Å². The lowest BCUT2D eigenvalue weighted by Crippen LogP contribution is -2.37. The number of benzene rings is 2. The van der Waals surface area contributed by atoms with Gasteiger partial charge in [0, 0.05) is 24.4 Å². The summed E-state index contributed by atoms with van der Waals surface area (Å²) in [6.07, 6.45) is 7.01. The van der Waals surface area contributed by atoms with Gasteiger partial charge >= 0.3 is 0 Å². The average Bonchev–Trinajstić information content (AvgIpc) is 3.35. The molecule has 1 heterocycles. The van der Waals surface area contributed by atoms with Crippen molar-refractivity contribution in [3.8, 4) is 5.75 Å². The minimum Gasteiger partial charge on any atom is -0.494 e. The molecule has 0 atom stereocenters. The van der Waals surface area contributed by atoms with Crippen molar-refractivity contribution in [1.82, 2.24) is 4.90 Å². The van der Waals surface area contributed by atoms with E-state index in [2.05, 4.69) is 17.1 Å². The molecule has 1 saturated heterocycles. The Morgan fingerprint density at radius 3 is 2.35 bits per heavy atom. The van der Waals surface area contributed by atoms with Gasteiger partial charge in [0.15, 0.2) is 0 Å². The first kappa shape index (κ1) is 24.2. The highest BCUT2D eigenvalue weighted by Crippen LogP contribution is 2.42. The molecule has 2 fully saturated rings. The first-order valence-corrected chi connectivity index (χ1v) is 12.5. The zero-order valence-corrected chi connectivity index (χ0v) is 20.0. The summed E-state index contributed by atoms with van der Waals surface area (Å²) in [5.74, 6) is 1.60. The van der Waals surface area contributed by atoms with E-state index >= 15 is 0 Å². The van der Waals surface area contributed by atoms with Gasteiger partial charge in [-0.3, -0.25) is 14.9 Å². The van der Waals surface area contributed by atoms with Crippen LogP contribution in [0.2, 0.25) is 0 Å². The molecule has 7 nitrogen and oxygen atoms in total. The van der Waals surface area contributed by atoms with Crippen LogP contribution in [0.4, 0.5) is 11.4 Å². The number of amides is 1. The Kier molecular flexibility index (Phi) is 7.83. The fourth-order valence-corrected chi connectivity index (χ4v) is 5.18. The highest BCUT2D eigenvalue weighted by Gasteiger charge is 2.42. The molecule has 2 aromatic rings. The minimum atomic E-state index is -0.642.